The number of alkyl halides is 3. The van der Waals surface area contributed by atoms with Crippen LogP contribution in [-0.4, -0.2) is 61.8 Å². The fourth-order valence-electron chi connectivity index (χ4n) is 6.37. The number of hydrogen-bond donors (Lipinski definition) is 0. The standard InChI is InChI=1S/C29H29F4N7O2S2/c1-17(2)40(44(4,42)27-35-16-38(3)37-27)22-8-5-19-11-23-18(14-36-39(23)21-9-6-20(30)7-10-21)12-28(19,13-22)25(41)26-34-15-24(43-26)29(31,32)33/h6-7,9-11,14-17,22H,4-5,8,12-13H2,1-3H3/t22-,28-,44?/m0/s1. The fourth-order valence-corrected chi connectivity index (χ4v) is 9.19. The van der Waals surface area contributed by atoms with E-state index in [4.69, 9.17) is 0 Å². The molecule has 0 saturated heterocycles. The molecule has 6 rings (SSSR count). The average molecular weight is 648 g/mol. The molecule has 2 aliphatic carbocycles. The van der Waals surface area contributed by atoms with Crippen molar-refractivity contribution in [2.24, 2.45) is 12.5 Å². The first-order chi connectivity index (χ1) is 20.7. The molecular weight excluding hydrogens is 618 g/mol. The maximum Gasteiger partial charge on any atom is 0.427 e. The Morgan fingerprint density at radius 1 is 1.20 bits per heavy atom. The Morgan fingerprint density at radius 3 is 2.55 bits per heavy atom. The number of benzene rings is 1. The number of aromatic nitrogens is 6. The average Bonchev–Trinajstić information content (AvgIpc) is 3.71. The third kappa shape index (κ3) is 5.09. The summed E-state index contributed by atoms with van der Waals surface area (Å²) in [4.78, 5) is 21.6. The zero-order valence-corrected chi connectivity index (χ0v) is 25.7. The molecule has 3 aromatic heterocycles. The van der Waals surface area contributed by atoms with Crippen LogP contribution in [0.3, 0.4) is 0 Å². The molecule has 232 valence electrons. The van der Waals surface area contributed by atoms with Gasteiger partial charge in [0.2, 0.25) is 10.9 Å². The van der Waals surface area contributed by atoms with E-state index in [1.54, 1.807) is 34.4 Å². The summed E-state index contributed by atoms with van der Waals surface area (Å²) in [6.45, 7) is 3.74. The predicted molar refractivity (Wildman–Crippen MR) is 158 cm³/mol. The van der Waals surface area contributed by atoms with Crippen molar-refractivity contribution < 1.29 is 26.6 Å². The van der Waals surface area contributed by atoms with Gasteiger partial charge in [0, 0.05) is 19.1 Å². The highest BCUT2D eigenvalue weighted by Gasteiger charge is 2.52. The van der Waals surface area contributed by atoms with Gasteiger partial charge in [0.1, 0.15) is 17.0 Å². The molecule has 0 spiro atoms. The Balaban J connectivity index is 1.45. The van der Waals surface area contributed by atoms with Gasteiger partial charge in [-0.25, -0.2) is 27.6 Å². The second-order valence-electron chi connectivity index (χ2n) is 11.4. The quantitative estimate of drug-likeness (QED) is 0.152. The molecule has 0 N–H and O–H groups in total. The summed E-state index contributed by atoms with van der Waals surface area (Å²) >= 11 is 0.323. The van der Waals surface area contributed by atoms with Crippen LogP contribution in [0.2, 0.25) is 0 Å². The van der Waals surface area contributed by atoms with E-state index >= 15 is 0 Å². The molecular formula is C29H29F4N7O2S2. The lowest BCUT2D eigenvalue weighted by Crippen LogP contribution is -2.52. The molecule has 44 heavy (non-hydrogen) atoms. The van der Waals surface area contributed by atoms with Gasteiger partial charge in [-0.2, -0.15) is 18.3 Å². The summed E-state index contributed by atoms with van der Waals surface area (Å²) in [5.41, 5.74) is 1.50. The van der Waals surface area contributed by atoms with E-state index in [9.17, 15) is 26.6 Å². The molecule has 9 nitrogen and oxygen atoms in total. The minimum atomic E-state index is -4.64. The number of carbonyl (C=O) groups is 1. The fraction of sp³-hybridized carbons (Fsp3) is 0.379. The number of carbonyl (C=O) groups excluding carboxylic acids is 1. The minimum Gasteiger partial charge on any atom is -0.290 e. The minimum absolute atomic E-state index is 0.0664. The number of hydrogen-bond acceptors (Lipinski definition) is 7. The van der Waals surface area contributed by atoms with Crippen molar-refractivity contribution in [3.63, 3.8) is 0 Å². The molecule has 0 aliphatic heterocycles. The van der Waals surface area contributed by atoms with Crippen LogP contribution in [0.4, 0.5) is 17.6 Å². The van der Waals surface area contributed by atoms with Crippen LogP contribution in [0.1, 0.15) is 59.0 Å². The van der Waals surface area contributed by atoms with Gasteiger partial charge < -0.3 is 0 Å². The highest BCUT2D eigenvalue weighted by Crippen LogP contribution is 2.52. The van der Waals surface area contributed by atoms with Gasteiger partial charge in [0.05, 0.1) is 38.9 Å². The second kappa shape index (κ2) is 10.7. The van der Waals surface area contributed by atoms with Gasteiger partial charge in [-0.3, -0.25) is 9.48 Å². The zero-order valence-electron chi connectivity index (χ0n) is 24.1. The Hall–Kier alpha value is -3.69. The number of nitrogens with zero attached hydrogens (tertiary/aromatic N) is 7. The Kier molecular flexibility index (Phi) is 7.40. The zero-order chi connectivity index (χ0) is 31.6. The summed E-state index contributed by atoms with van der Waals surface area (Å²) in [6, 6.07) is 5.11. The third-order valence-electron chi connectivity index (χ3n) is 8.19. The molecule has 2 aliphatic rings. The molecule has 1 aromatic carbocycles. The summed E-state index contributed by atoms with van der Waals surface area (Å²) in [6.07, 6.45) is 2.19. The number of thiazole rings is 1. The molecule has 1 saturated carbocycles. The lowest BCUT2D eigenvalue weighted by molar-refractivity contribution is -0.134. The summed E-state index contributed by atoms with van der Waals surface area (Å²) < 4.78 is 73.3. The Morgan fingerprint density at radius 2 is 1.93 bits per heavy atom. The van der Waals surface area contributed by atoms with Crippen molar-refractivity contribution >= 4 is 38.8 Å². The first-order valence-electron chi connectivity index (χ1n) is 13.8. The van der Waals surface area contributed by atoms with E-state index < -0.39 is 43.8 Å². The molecule has 0 radical (unpaired) electrons. The Labute approximate surface area is 255 Å². The summed E-state index contributed by atoms with van der Waals surface area (Å²) in [7, 11) is -1.54. The molecule has 0 amide bonds. The SMILES string of the molecule is C=S(=O)(c1ncn(C)n1)N(C(C)C)[C@H]1CCC2=Cc3c(cnn3-c3ccc(F)cc3)C[C@]2(C(=O)c2ncc(C(F)(F)F)s2)C1. The normalized spacial score (nSPS) is 21.6. The van der Waals surface area contributed by atoms with Crippen LogP contribution in [-0.2, 0) is 29.4 Å². The van der Waals surface area contributed by atoms with Gasteiger partial charge in [-0.15, -0.1) is 16.4 Å². The van der Waals surface area contributed by atoms with Crippen molar-refractivity contribution in [3.05, 3.63) is 75.5 Å². The number of Topliss-reactive ketones (excluding diaryl/α,β-unsaturated/α-hetero) is 1. The van der Waals surface area contributed by atoms with Crippen molar-refractivity contribution in [3.8, 4) is 5.69 Å². The van der Waals surface area contributed by atoms with Crippen molar-refractivity contribution in [2.45, 2.75) is 62.9 Å². The van der Waals surface area contributed by atoms with E-state index in [1.807, 2.05) is 19.9 Å². The van der Waals surface area contributed by atoms with Gasteiger partial charge >= 0.3 is 6.18 Å². The highest BCUT2D eigenvalue weighted by atomic mass is 32.2. The van der Waals surface area contributed by atoms with Gasteiger partial charge in [0.15, 0.2) is 5.01 Å². The molecule has 15 heteroatoms. The monoisotopic (exact) mass is 647 g/mol. The van der Waals surface area contributed by atoms with Gasteiger partial charge in [-0.05, 0) is 81.3 Å². The molecule has 1 unspecified atom stereocenters. The number of fused-ring (bicyclic) bond motifs is 2. The lowest BCUT2D eigenvalue weighted by atomic mass is 9.61. The number of rotatable bonds is 7. The third-order valence-corrected chi connectivity index (χ3v) is 11.4. The molecule has 4 aromatic rings. The van der Waals surface area contributed by atoms with E-state index in [-0.39, 0.29) is 29.0 Å². The van der Waals surface area contributed by atoms with Crippen LogP contribution in [0, 0.1) is 11.2 Å². The lowest BCUT2D eigenvalue weighted by Gasteiger charge is -2.47. The first kappa shape index (κ1) is 30.3. The van der Waals surface area contributed by atoms with Crippen LogP contribution < -0.4 is 0 Å². The number of allylic oxidation sites excluding steroid dienone is 1. The van der Waals surface area contributed by atoms with E-state index in [0.717, 1.165) is 5.57 Å². The number of ketones is 1. The second-order valence-corrected chi connectivity index (χ2v) is 14.5. The van der Waals surface area contributed by atoms with Crippen LogP contribution in [0.15, 0.2) is 53.7 Å². The molecule has 3 atom stereocenters. The molecule has 1 fully saturated rings. The molecule has 0 bridgehead atoms. The van der Waals surface area contributed by atoms with E-state index in [2.05, 4.69) is 26.0 Å². The number of aryl methyl sites for hydroxylation is 1. The maximum atomic E-state index is 14.4. The maximum absolute atomic E-state index is 14.4. The Bertz CT molecular complexity index is 1870. The smallest absolute Gasteiger partial charge is 0.290 e. The van der Waals surface area contributed by atoms with Crippen molar-refractivity contribution in [1.82, 2.24) is 33.8 Å². The summed E-state index contributed by atoms with van der Waals surface area (Å²) in [5.74, 6) is 3.11. The largest absolute Gasteiger partial charge is 0.427 e. The van der Waals surface area contributed by atoms with E-state index in [0.29, 0.717) is 47.3 Å². The number of halogens is 4. The van der Waals surface area contributed by atoms with Gasteiger partial charge in [-0.1, -0.05) is 5.57 Å². The first-order valence-corrected chi connectivity index (χ1v) is 16.3. The van der Waals surface area contributed by atoms with Crippen LogP contribution in [0.5, 0.6) is 0 Å². The van der Waals surface area contributed by atoms with Crippen molar-refractivity contribution in [1.29, 1.82) is 0 Å². The highest BCUT2D eigenvalue weighted by molar-refractivity contribution is 7.98. The molecule has 3 heterocycles. The topological polar surface area (TPSA) is 98.8 Å². The van der Waals surface area contributed by atoms with Gasteiger partial charge in [0.25, 0.3) is 0 Å². The van der Waals surface area contributed by atoms with Crippen molar-refractivity contribution in [2.75, 3.05) is 0 Å². The van der Waals surface area contributed by atoms with E-state index in [1.165, 1.54) is 23.1 Å². The predicted octanol–water partition coefficient (Wildman–Crippen LogP) is 5.38. The summed E-state index contributed by atoms with van der Waals surface area (Å²) in [5, 5.41) is 8.59. The van der Waals surface area contributed by atoms with Crippen LogP contribution >= 0.6 is 11.3 Å². The van der Waals surface area contributed by atoms with Crippen LogP contribution in [0.25, 0.3) is 11.8 Å².